The van der Waals surface area contributed by atoms with E-state index in [0.29, 0.717) is 0 Å². The van der Waals surface area contributed by atoms with Gasteiger partial charge in [0, 0.05) is 13.8 Å². The molecule has 97 heavy (non-hydrogen) atoms. The van der Waals surface area contributed by atoms with E-state index in [4.69, 9.17) is 75.2 Å². The lowest BCUT2D eigenvalue weighted by atomic mass is 9.93. The quantitative estimate of drug-likeness (QED) is 0.0399. The Bertz CT molecular complexity index is 2620. The molecule has 40 atom stereocenters. The van der Waals surface area contributed by atoms with Crippen LogP contribution in [0.4, 0.5) is 0 Å². The molecule has 0 spiro atoms. The zero-order valence-electron chi connectivity index (χ0n) is 51.7. The number of rotatable bonds is 24. The molecule has 0 aromatic carbocycles. The van der Waals surface area contributed by atoms with Gasteiger partial charge < -0.3 is 189 Å². The number of hydrogen-bond acceptors (Lipinski definition) is 41. The molecule has 8 heterocycles. The van der Waals surface area contributed by atoms with Gasteiger partial charge in [-0.25, -0.2) is 4.18 Å². The summed E-state index contributed by atoms with van der Waals surface area (Å²) in [6.07, 6.45) is -78.7. The summed E-state index contributed by atoms with van der Waals surface area (Å²) in [5.74, 6) is -2.04. The summed E-state index contributed by atoms with van der Waals surface area (Å²) in [5, 5.41) is 235. The predicted octanol–water partition coefficient (Wildman–Crippen LogP) is -16.3. The first kappa shape index (κ1) is 80.1. The van der Waals surface area contributed by atoms with Gasteiger partial charge in [-0.15, -0.1) is 0 Å². The Hall–Kier alpha value is -2.63. The lowest BCUT2D eigenvalue weighted by Crippen LogP contribution is -2.72. The Balaban J connectivity index is 1.15. The number of carbonyl (C=O) groups excluding carboxylic acids is 2. The summed E-state index contributed by atoms with van der Waals surface area (Å²) < 4.78 is 127. The van der Waals surface area contributed by atoms with Gasteiger partial charge in [0.1, 0.15) is 183 Å². The van der Waals surface area contributed by atoms with Gasteiger partial charge in [0.15, 0.2) is 50.3 Å². The molecule has 0 radical (unpaired) electrons. The molecule has 8 saturated heterocycles. The predicted molar refractivity (Wildman–Crippen MR) is 295 cm³/mol. The molecule has 564 valence electrons. The van der Waals surface area contributed by atoms with Gasteiger partial charge in [-0.1, -0.05) is 0 Å². The minimum absolute atomic E-state index is 0.876. The molecule has 0 aromatic rings. The molecule has 45 heteroatoms. The number of hydrogen-bond donors (Lipinski definition) is 24. The van der Waals surface area contributed by atoms with Crippen molar-refractivity contribution in [2.45, 2.75) is 273 Å². The van der Waals surface area contributed by atoms with Gasteiger partial charge in [0.05, 0.1) is 51.8 Å². The lowest BCUT2D eigenvalue weighted by molar-refractivity contribution is -0.398. The second kappa shape index (κ2) is 33.9. The first-order valence-electron chi connectivity index (χ1n) is 30.5. The molecule has 24 N–H and O–H groups in total. The Morgan fingerprint density at radius 3 is 1.11 bits per heavy atom. The van der Waals surface area contributed by atoms with Crippen LogP contribution in [0, 0.1) is 0 Å². The largest absolute Gasteiger partial charge is 0.397 e. The smallest absolute Gasteiger partial charge is 0.394 e. The maximum Gasteiger partial charge on any atom is 0.397 e. The number of carbonyl (C=O) groups is 2. The second-order valence-electron chi connectivity index (χ2n) is 24.3. The third-order valence-electron chi connectivity index (χ3n) is 17.6. The molecule has 2 amide bonds. The summed E-state index contributed by atoms with van der Waals surface area (Å²) in [6, 6.07) is -4.11. The highest BCUT2D eigenvalue weighted by molar-refractivity contribution is 7.80. The number of aliphatic hydroxyl groups excluding tert-OH is 21. The van der Waals surface area contributed by atoms with E-state index < -0.39 is 307 Å². The molecule has 0 aliphatic carbocycles. The van der Waals surface area contributed by atoms with Crippen molar-refractivity contribution in [3.05, 3.63) is 0 Å². The number of aliphatic hydroxyl groups is 21. The molecule has 8 fully saturated rings. The Kier molecular flexibility index (Phi) is 28.0. The van der Waals surface area contributed by atoms with Gasteiger partial charge in [-0.05, 0) is 13.8 Å². The van der Waals surface area contributed by atoms with E-state index in [1.807, 2.05) is 0 Å². The van der Waals surface area contributed by atoms with E-state index in [0.717, 1.165) is 13.8 Å². The molecule has 8 aliphatic heterocycles. The Morgan fingerprint density at radius 2 is 0.670 bits per heavy atom. The maximum absolute atomic E-state index is 13.4. The van der Waals surface area contributed by atoms with E-state index in [9.17, 15) is 130 Å². The van der Waals surface area contributed by atoms with Crippen molar-refractivity contribution in [1.29, 1.82) is 0 Å². The van der Waals surface area contributed by atoms with Crippen LogP contribution in [0.2, 0.25) is 0 Å². The normalized spacial score (nSPS) is 50.2. The zero-order chi connectivity index (χ0) is 71.7. The summed E-state index contributed by atoms with van der Waals surface area (Å²) in [7, 11) is -5.60. The second-order valence-corrected chi connectivity index (χ2v) is 25.4. The van der Waals surface area contributed by atoms with Gasteiger partial charge >= 0.3 is 10.4 Å². The van der Waals surface area contributed by atoms with Crippen LogP contribution < -0.4 is 10.6 Å². The summed E-state index contributed by atoms with van der Waals surface area (Å²) in [6.45, 7) is -2.79. The summed E-state index contributed by atoms with van der Waals surface area (Å²) in [4.78, 5) is 26.5. The van der Waals surface area contributed by atoms with E-state index in [1.54, 1.807) is 0 Å². The van der Waals surface area contributed by atoms with Gasteiger partial charge in [0.25, 0.3) is 0 Å². The van der Waals surface area contributed by atoms with Crippen LogP contribution in [-0.4, -0.2) is 417 Å². The number of amides is 2. The third kappa shape index (κ3) is 17.8. The summed E-state index contributed by atoms with van der Waals surface area (Å²) in [5.41, 5.74) is 0. The minimum atomic E-state index is -5.60. The average molecular weight is 1450 g/mol. The van der Waals surface area contributed by atoms with Crippen molar-refractivity contribution in [3.63, 3.8) is 0 Å². The molecule has 0 aromatic heterocycles. The molecular formula is C52H88N2O42S. The van der Waals surface area contributed by atoms with Crippen molar-refractivity contribution in [1.82, 2.24) is 10.6 Å². The summed E-state index contributed by atoms with van der Waals surface area (Å²) >= 11 is 0. The van der Waals surface area contributed by atoms with E-state index >= 15 is 0 Å². The van der Waals surface area contributed by atoms with E-state index in [2.05, 4.69) is 10.6 Å². The average Bonchev–Trinajstić information content (AvgIpc) is 0.769. The van der Waals surface area contributed by atoms with Crippen molar-refractivity contribution in [3.8, 4) is 0 Å². The SMILES string of the molecule is CC(=O)N[C@H]1[C@H](O[C@H]2[C@@H](O)[C@@H](CO)O[C@@H](O[C@H]3[C@H](O)[C@@H](O)[C@H](O)O[C@@H]3CO)[C@@H]2O)O[C@H](COS(=O)(=O)O)[C@@H](O[C@@H]2O[C@H](CO)[C@H](O)[C@H](O[C@@H]3O[C@H](CO)[C@@H](O)[C@H](O[C@@H]4O[C@H](CO)[C@H](O)[C@H](O)[C@H]4O[C@@H]4O[C@@H](C)[C@@H](O)[C@@H](O)[C@@H]4O)[C@H]3NC(C)=O)[C@H]2O)[C@@H]1O[C@@H]1O[C@@H](C)[C@@H](O)[C@@H](O)[C@@H]1O. The van der Waals surface area contributed by atoms with Crippen molar-refractivity contribution < 1.29 is 205 Å². The molecular weight excluding hydrogens is 1360 g/mol. The third-order valence-corrected chi connectivity index (χ3v) is 18.0. The highest BCUT2D eigenvalue weighted by Gasteiger charge is 2.61. The van der Waals surface area contributed by atoms with Crippen molar-refractivity contribution in [2.24, 2.45) is 0 Å². The first-order chi connectivity index (χ1) is 45.6. The van der Waals surface area contributed by atoms with Crippen LogP contribution in [-0.2, 0) is 95.2 Å². The van der Waals surface area contributed by atoms with Crippen molar-refractivity contribution >= 4 is 22.2 Å². The van der Waals surface area contributed by atoms with Gasteiger partial charge in [-0.3, -0.25) is 14.1 Å². The van der Waals surface area contributed by atoms with Crippen molar-refractivity contribution in [2.75, 3.05) is 39.6 Å². The first-order valence-corrected chi connectivity index (χ1v) is 31.9. The van der Waals surface area contributed by atoms with Gasteiger partial charge in [-0.2, -0.15) is 8.42 Å². The van der Waals surface area contributed by atoms with Crippen LogP contribution in [0.3, 0.4) is 0 Å². The molecule has 0 saturated carbocycles. The van der Waals surface area contributed by atoms with Crippen LogP contribution in [0.15, 0.2) is 0 Å². The maximum atomic E-state index is 13.4. The Labute approximate surface area is 549 Å². The molecule has 0 unspecified atom stereocenters. The molecule has 8 aliphatic rings. The fraction of sp³-hybridized carbons (Fsp3) is 0.962. The van der Waals surface area contributed by atoms with Crippen LogP contribution in [0.25, 0.3) is 0 Å². The zero-order valence-corrected chi connectivity index (χ0v) is 52.6. The standard InChI is InChI=1S/C52H88N2O42S/c1-11-23(62)29(68)34(73)48(82-11)93-41-22(54-14(4)61)47(95-42-27(66)17(7-57)86-50(36(42)75)90-38-19(9-59)84-45(77)33(72)32(38)71)89-20(10-81-97(78,79)80)39(41)91-51-37(76)43(28(67)18(8-58)87-51)94-46-21(53-13(3)60)40(26(65)16(6-56)85-46)92-52-44(31(70)25(64)15(5-55)88-52)96-49-35(74)30(69)24(63)12(2)83-49/h11-12,15-52,55-59,62-77H,5-10H2,1-4H3,(H,53,60)(H,54,61)(H,78,79,80)/t11-,12-,15+,16+,17+,18+,19+,20+,21+,22+,23+,24+,25-,26+,27-,28-,29+,30+,31-,32+,33+,34-,35-,36+,37+,38+,39+,40+,41+,42-,43-,44+,45+,46-,47-,48-,49-,50-,51-,52-/m0/s1. The van der Waals surface area contributed by atoms with E-state index in [-0.39, 0.29) is 0 Å². The van der Waals surface area contributed by atoms with Crippen LogP contribution in [0.5, 0.6) is 0 Å². The van der Waals surface area contributed by atoms with Crippen LogP contribution in [0.1, 0.15) is 27.7 Å². The monoisotopic (exact) mass is 1440 g/mol. The molecule has 44 nitrogen and oxygen atoms in total. The fourth-order valence-electron chi connectivity index (χ4n) is 12.3. The van der Waals surface area contributed by atoms with Gasteiger partial charge in [0.2, 0.25) is 11.8 Å². The number of ether oxygens (including phenoxy) is 15. The molecule has 0 bridgehead atoms. The van der Waals surface area contributed by atoms with E-state index in [1.165, 1.54) is 13.8 Å². The van der Waals surface area contributed by atoms with Crippen LogP contribution >= 0.6 is 0 Å². The Morgan fingerprint density at radius 1 is 0.330 bits per heavy atom. The minimum Gasteiger partial charge on any atom is -0.394 e. The highest BCUT2D eigenvalue weighted by Crippen LogP contribution is 2.40. The highest BCUT2D eigenvalue weighted by atomic mass is 32.3. The topological polar surface area (TPSA) is 685 Å². The lowest BCUT2D eigenvalue weighted by Gasteiger charge is -2.52. The fourth-order valence-corrected chi connectivity index (χ4v) is 12.6. The number of nitrogens with one attached hydrogen (secondary N) is 2. The molecule has 8 rings (SSSR count).